The molecule has 0 saturated heterocycles. The molecule has 0 radical (unpaired) electrons. The van der Waals surface area contributed by atoms with Crippen LogP contribution >= 0.6 is 15.9 Å². The highest BCUT2D eigenvalue weighted by atomic mass is 79.9. The predicted octanol–water partition coefficient (Wildman–Crippen LogP) is 3.23. The molecule has 1 aromatic carbocycles. The van der Waals surface area contributed by atoms with E-state index in [0.29, 0.717) is 5.56 Å². The van der Waals surface area contributed by atoms with Crippen molar-refractivity contribution in [3.63, 3.8) is 0 Å². The van der Waals surface area contributed by atoms with E-state index in [1.807, 2.05) is 19.1 Å². The van der Waals surface area contributed by atoms with Crippen LogP contribution in [0.4, 0.5) is 4.39 Å². The second kappa shape index (κ2) is 3.15. The van der Waals surface area contributed by atoms with Gasteiger partial charge in [-0.1, -0.05) is 28.1 Å². The van der Waals surface area contributed by atoms with Gasteiger partial charge in [0, 0.05) is 4.47 Å². The van der Waals surface area contributed by atoms with Crippen molar-refractivity contribution < 1.29 is 4.39 Å². The number of alkyl halides is 1. The molecule has 2 heteroatoms. The van der Waals surface area contributed by atoms with E-state index in [2.05, 4.69) is 15.9 Å². The Morgan fingerprint density at radius 1 is 1.50 bits per heavy atom. The third-order valence-corrected chi connectivity index (χ3v) is 2.09. The Kier molecular flexibility index (Phi) is 2.44. The summed E-state index contributed by atoms with van der Waals surface area (Å²) >= 11 is 3.27. The van der Waals surface area contributed by atoms with Gasteiger partial charge in [-0.2, -0.15) is 0 Å². The quantitative estimate of drug-likeness (QED) is 0.657. The number of hydrogen-bond donors (Lipinski definition) is 0. The summed E-state index contributed by atoms with van der Waals surface area (Å²) in [6, 6.07) is 5.61. The summed E-state index contributed by atoms with van der Waals surface area (Å²) in [7, 11) is 0. The van der Waals surface area contributed by atoms with Gasteiger partial charge in [0.25, 0.3) is 0 Å². The van der Waals surface area contributed by atoms with Crippen LogP contribution in [0.3, 0.4) is 0 Å². The molecule has 0 aliphatic rings. The standard InChI is InChI=1S/C8H8BrF/c1-6-2-3-7(5-10)8(9)4-6/h2-4H,5H2,1H3. The summed E-state index contributed by atoms with van der Waals surface area (Å²) in [5, 5.41) is 0. The highest BCUT2D eigenvalue weighted by Crippen LogP contribution is 2.18. The first-order valence-corrected chi connectivity index (χ1v) is 3.84. The van der Waals surface area contributed by atoms with Crippen LogP contribution < -0.4 is 0 Å². The summed E-state index contributed by atoms with van der Waals surface area (Å²) < 4.78 is 12.9. The van der Waals surface area contributed by atoms with Gasteiger partial charge in [-0.15, -0.1) is 0 Å². The molecule has 0 N–H and O–H groups in total. The summed E-state index contributed by atoms with van der Waals surface area (Å²) in [6.07, 6.45) is 0. The molecule has 10 heavy (non-hydrogen) atoms. The van der Waals surface area contributed by atoms with Gasteiger partial charge >= 0.3 is 0 Å². The number of hydrogen-bond acceptors (Lipinski definition) is 0. The average Bonchev–Trinajstić information content (AvgIpc) is 1.88. The van der Waals surface area contributed by atoms with E-state index in [1.165, 1.54) is 0 Å². The Morgan fingerprint density at radius 2 is 2.20 bits per heavy atom. The van der Waals surface area contributed by atoms with Crippen LogP contribution in [-0.4, -0.2) is 0 Å². The Hall–Kier alpha value is -0.370. The summed E-state index contributed by atoms with van der Waals surface area (Å²) in [6.45, 7) is 1.58. The maximum absolute atomic E-state index is 12.1. The SMILES string of the molecule is Cc1ccc(CF)c(Br)c1. The second-order valence-corrected chi connectivity index (χ2v) is 3.08. The van der Waals surface area contributed by atoms with Gasteiger partial charge in [-0.05, 0) is 24.1 Å². The van der Waals surface area contributed by atoms with Crippen molar-refractivity contribution in [3.8, 4) is 0 Å². The first kappa shape index (κ1) is 7.73. The summed E-state index contributed by atoms with van der Waals surface area (Å²) in [4.78, 5) is 0. The van der Waals surface area contributed by atoms with Gasteiger partial charge in [-0.3, -0.25) is 0 Å². The highest BCUT2D eigenvalue weighted by Gasteiger charge is 1.96. The zero-order chi connectivity index (χ0) is 7.56. The lowest BCUT2D eigenvalue weighted by atomic mass is 10.2. The van der Waals surface area contributed by atoms with Crippen LogP contribution in [0, 0.1) is 6.92 Å². The van der Waals surface area contributed by atoms with E-state index < -0.39 is 6.67 Å². The molecule has 1 rings (SSSR count). The van der Waals surface area contributed by atoms with Crippen LogP contribution in [0.2, 0.25) is 0 Å². The van der Waals surface area contributed by atoms with Gasteiger partial charge in [0.05, 0.1) is 0 Å². The molecule has 0 unspecified atom stereocenters. The fourth-order valence-corrected chi connectivity index (χ4v) is 1.36. The van der Waals surface area contributed by atoms with Gasteiger partial charge in [0.2, 0.25) is 0 Å². The van der Waals surface area contributed by atoms with Crippen LogP contribution in [-0.2, 0) is 6.67 Å². The minimum Gasteiger partial charge on any atom is -0.246 e. The van der Waals surface area contributed by atoms with Crippen LogP contribution in [0.5, 0.6) is 0 Å². The zero-order valence-corrected chi connectivity index (χ0v) is 7.28. The maximum Gasteiger partial charge on any atom is 0.116 e. The Labute approximate surface area is 68.2 Å². The Morgan fingerprint density at radius 3 is 2.70 bits per heavy atom. The molecule has 0 fully saturated rings. The summed E-state index contributed by atoms with van der Waals surface area (Å²) in [5.41, 5.74) is 1.86. The smallest absolute Gasteiger partial charge is 0.116 e. The van der Waals surface area contributed by atoms with E-state index in [-0.39, 0.29) is 0 Å². The number of benzene rings is 1. The third kappa shape index (κ3) is 1.57. The average molecular weight is 203 g/mol. The number of aryl methyl sites for hydroxylation is 1. The molecule has 0 amide bonds. The van der Waals surface area contributed by atoms with E-state index in [9.17, 15) is 4.39 Å². The van der Waals surface area contributed by atoms with Crippen molar-refractivity contribution in [3.05, 3.63) is 33.8 Å². The van der Waals surface area contributed by atoms with Gasteiger partial charge in [-0.25, -0.2) is 4.39 Å². The van der Waals surface area contributed by atoms with Crippen molar-refractivity contribution in [2.75, 3.05) is 0 Å². The molecule has 0 bridgehead atoms. The fourth-order valence-electron chi connectivity index (χ4n) is 0.761. The topological polar surface area (TPSA) is 0 Å². The van der Waals surface area contributed by atoms with E-state index >= 15 is 0 Å². The fraction of sp³-hybridized carbons (Fsp3) is 0.250. The summed E-state index contributed by atoms with van der Waals surface area (Å²) in [5.74, 6) is 0. The minimum absolute atomic E-state index is 0.402. The van der Waals surface area contributed by atoms with Gasteiger partial charge < -0.3 is 0 Å². The molecule has 0 heterocycles. The molecule has 1 aromatic rings. The molecule has 0 spiro atoms. The zero-order valence-electron chi connectivity index (χ0n) is 5.70. The number of rotatable bonds is 1. The van der Waals surface area contributed by atoms with E-state index in [0.717, 1.165) is 10.0 Å². The monoisotopic (exact) mass is 202 g/mol. The van der Waals surface area contributed by atoms with Crippen LogP contribution in [0.15, 0.2) is 22.7 Å². The molecular weight excluding hydrogens is 195 g/mol. The first-order valence-electron chi connectivity index (χ1n) is 3.05. The van der Waals surface area contributed by atoms with E-state index in [4.69, 9.17) is 0 Å². The molecule has 0 atom stereocenters. The van der Waals surface area contributed by atoms with Gasteiger partial charge in [0.1, 0.15) is 6.67 Å². The minimum atomic E-state index is -0.402. The Balaban J connectivity index is 3.07. The van der Waals surface area contributed by atoms with Crippen molar-refractivity contribution in [1.29, 1.82) is 0 Å². The van der Waals surface area contributed by atoms with Crippen LogP contribution in [0.25, 0.3) is 0 Å². The normalized spacial score (nSPS) is 9.90. The van der Waals surface area contributed by atoms with Crippen molar-refractivity contribution in [2.24, 2.45) is 0 Å². The maximum atomic E-state index is 12.1. The molecule has 54 valence electrons. The van der Waals surface area contributed by atoms with E-state index in [1.54, 1.807) is 6.07 Å². The molecule has 0 saturated carbocycles. The largest absolute Gasteiger partial charge is 0.246 e. The molecule has 0 nitrogen and oxygen atoms in total. The third-order valence-electron chi connectivity index (χ3n) is 1.35. The lowest BCUT2D eigenvalue weighted by molar-refractivity contribution is 0.484. The molecule has 0 aliphatic carbocycles. The lowest BCUT2D eigenvalue weighted by Gasteiger charge is -1.98. The van der Waals surface area contributed by atoms with Crippen molar-refractivity contribution in [1.82, 2.24) is 0 Å². The second-order valence-electron chi connectivity index (χ2n) is 2.23. The lowest BCUT2D eigenvalue weighted by Crippen LogP contribution is -1.81. The molecule has 0 aliphatic heterocycles. The Bertz CT molecular complexity index is 233. The van der Waals surface area contributed by atoms with Crippen molar-refractivity contribution >= 4 is 15.9 Å². The number of halogens is 2. The van der Waals surface area contributed by atoms with Crippen molar-refractivity contribution in [2.45, 2.75) is 13.6 Å². The molecule has 0 aromatic heterocycles. The van der Waals surface area contributed by atoms with Gasteiger partial charge in [0.15, 0.2) is 0 Å². The molecular formula is C8H8BrF. The first-order chi connectivity index (χ1) is 4.74. The predicted molar refractivity (Wildman–Crippen MR) is 43.7 cm³/mol. The highest BCUT2D eigenvalue weighted by molar-refractivity contribution is 9.10. The van der Waals surface area contributed by atoms with Crippen LogP contribution in [0.1, 0.15) is 11.1 Å².